The maximum Gasteiger partial charge on any atom is 0.265 e. The second kappa shape index (κ2) is 6.02. The van der Waals surface area contributed by atoms with Crippen LogP contribution in [0.2, 0.25) is 0 Å². The first-order chi connectivity index (χ1) is 13.9. The van der Waals surface area contributed by atoms with Crippen molar-refractivity contribution in [1.29, 1.82) is 0 Å². The Morgan fingerprint density at radius 3 is 1.45 bits per heavy atom. The summed E-state index contributed by atoms with van der Waals surface area (Å²) in [5.74, 6) is -1.83. The molecule has 2 heterocycles. The standard InChI is InChI=1S/C22H14N2O4S/c1-23-19(25)13-7-9-15-18-16(10-8-14(17(13)18)20(23)26)22(28)24(21(15)27)11-3-5-12(29-2)6-4-11/h3-10H,1-2H3. The van der Waals surface area contributed by atoms with E-state index in [4.69, 9.17) is 0 Å². The van der Waals surface area contributed by atoms with E-state index >= 15 is 0 Å². The molecule has 142 valence electrons. The Hall–Kier alpha value is -3.45. The number of anilines is 1. The molecular weight excluding hydrogens is 388 g/mol. The van der Waals surface area contributed by atoms with E-state index in [0.29, 0.717) is 38.7 Å². The van der Waals surface area contributed by atoms with E-state index in [2.05, 4.69) is 0 Å². The monoisotopic (exact) mass is 402 g/mol. The first kappa shape index (κ1) is 17.6. The van der Waals surface area contributed by atoms with Crippen LogP contribution in [-0.2, 0) is 0 Å². The molecule has 4 amide bonds. The quantitative estimate of drug-likeness (QED) is 0.484. The number of thioether (sulfide) groups is 1. The van der Waals surface area contributed by atoms with Gasteiger partial charge in [-0.3, -0.25) is 24.1 Å². The molecule has 2 aliphatic heterocycles. The molecule has 0 spiro atoms. The van der Waals surface area contributed by atoms with Gasteiger partial charge in [-0.25, -0.2) is 4.90 Å². The zero-order valence-electron chi connectivity index (χ0n) is 15.6. The summed E-state index contributed by atoms with van der Waals surface area (Å²) < 4.78 is 0. The van der Waals surface area contributed by atoms with Gasteiger partial charge in [0.2, 0.25) is 0 Å². The Kier molecular flexibility index (Phi) is 3.66. The third-order valence-electron chi connectivity index (χ3n) is 5.43. The Balaban J connectivity index is 1.76. The number of carbonyl (C=O) groups excluding carboxylic acids is 4. The smallest absolute Gasteiger partial charge is 0.265 e. The third kappa shape index (κ3) is 2.25. The fourth-order valence-electron chi connectivity index (χ4n) is 3.96. The molecule has 7 heteroatoms. The van der Waals surface area contributed by atoms with Gasteiger partial charge in [0.15, 0.2) is 0 Å². The summed E-state index contributed by atoms with van der Waals surface area (Å²) in [6.07, 6.45) is 1.95. The number of benzene rings is 3. The van der Waals surface area contributed by atoms with Crippen LogP contribution in [0, 0.1) is 0 Å². The lowest BCUT2D eigenvalue weighted by Gasteiger charge is -2.30. The van der Waals surface area contributed by atoms with Crippen molar-refractivity contribution in [2.75, 3.05) is 18.2 Å². The maximum absolute atomic E-state index is 13.2. The number of hydrogen-bond donors (Lipinski definition) is 0. The molecule has 3 aromatic carbocycles. The Morgan fingerprint density at radius 2 is 1.03 bits per heavy atom. The lowest BCUT2D eigenvalue weighted by Crippen LogP contribution is -2.42. The SMILES string of the molecule is CSc1ccc(N2C(=O)c3ccc4c5c(ccc(c35)C2=O)C(=O)N(C)C4=O)cc1. The second-order valence-corrected chi connectivity index (χ2v) is 7.76. The van der Waals surface area contributed by atoms with E-state index in [-0.39, 0.29) is 0 Å². The molecule has 0 fully saturated rings. The molecule has 0 atom stereocenters. The highest BCUT2D eigenvalue weighted by atomic mass is 32.2. The van der Waals surface area contributed by atoms with Crippen molar-refractivity contribution in [1.82, 2.24) is 4.90 Å². The molecule has 0 bridgehead atoms. The van der Waals surface area contributed by atoms with Crippen LogP contribution in [0.15, 0.2) is 53.4 Å². The van der Waals surface area contributed by atoms with E-state index in [9.17, 15) is 19.2 Å². The van der Waals surface area contributed by atoms with Crippen molar-refractivity contribution >= 4 is 51.9 Å². The highest BCUT2D eigenvalue weighted by molar-refractivity contribution is 7.98. The molecule has 0 unspecified atom stereocenters. The van der Waals surface area contributed by atoms with Crippen molar-refractivity contribution < 1.29 is 19.2 Å². The number of imide groups is 2. The Morgan fingerprint density at radius 1 is 0.621 bits per heavy atom. The first-order valence-corrected chi connectivity index (χ1v) is 10.1. The second-order valence-electron chi connectivity index (χ2n) is 6.88. The summed E-state index contributed by atoms with van der Waals surface area (Å²) >= 11 is 1.57. The van der Waals surface area contributed by atoms with Gasteiger partial charge in [0.25, 0.3) is 23.6 Å². The van der Waals surface area contributed by atoms with E-state index < -0.39 is 23.6 Å². The predicted octanol–water partition coefficient (Wildman–Crippen LogP) is 3.59. The predicted molar refractivity (Wildman–Crippen MR) is 110 cm³/mol. The maximum atomic E-state index is 13.2. The summed E-state index contributed by atoms with van der Waals surface area (Å²) in [6, 6.07) is 13.4. The first-order valence-electron chi connectivity index (χ1n) is 8.89. The van der Waals surface area contributed by atoms with Gasteiger partial charge >= 0.3 is 0 Å². The zero-order chi connectivity index (χ0) is 20.4. The van der Waals surface area contributed by atoms with Crippen LogP contribution in [-0.4, -0.2) is 41.8 Å². The normalized spacial score (nSPS) is 15.5. The average Bonchev–Trinajstić information content (AvgIpc) is 2.75. The van der Waals surface area contributed by atoms with Crippen LogP contribution in [0.4, 0.5) is 5.69 Å². The van der Waals surface area contributed by atoms with E-state index in [1.165, 1.54) is 7.05 Å². The third-order valence-corrected chi connectivity index (χ3v) is 6.17. The lowest BCUT2D eigenvalue weighted by molar-refractivity contribution is 0.0649. The van der Waals surface area contributed by atoms with Crippen LogP contribution < -0.4 is 4.90 Å². The van der Waals surface area contributed by atoms with E-state index in [0.717, 1.165) is 14.7 Å². The lowest BCUT2D eigenvalue weighted by atomic mass is 9.86. The Bertz CT molecular complexity index is 1210. The molecule has 0 aromatic heterocycles. The van der Waals surface area contributed by atoms with Crippen molar-refractivity contribution in [2.45, 2.75) is 4.90 Å². The summed E-state index contributed by atoms with van der Waals surface area (Å²) in [7, 11) is 1.42. The van der Waals surface area contributed by atoms with Crippen molar-refractivity contribution in [3.63, 3.8) is 0 Å². The molecule has 0 saturated carbocycles. The molecule has 29 heavy (non-hydrogen) atoms. The highest BCUT2D eigenvalue weighted by Crippen LogP contribution is 2.38. The summed E-state index contributed by atoms with van der Waals surface area (Å²) in [5.41, 5.74) is 1.73. The molecule has 0 N–H and O–H groups in total. The highest BCUT2D eigenvalue weighted by Gasteiger charge is 2.39. The van der Waals surface area contributed by atoms with Gasteiger partial charge in [-0.05, 0) is 54.8 Å². The van der Waals surface area contributed by atoms with E-state index in [1.807, 2.05) is 18.4 Å². The molecule has 5 rings (SSSR count). The number of nitrogens with zero attached hydrogens (tertiary/aromatic N) is 2. The van der Waals surface area contributed by atoms with Crippen molar-refractivity contribution in [3.05, 3.63) is 70.8 Å². The van der Waals surface area contributed by atoms with Gasteiger partial charge < -0.3 is 0 Å². The van der Waals surface area contributed by atoms with Gasteiger partial charge in [0, 0.05) is 45.0 Å². The average molecular weight is 402 g/mol. The molecule has 0 aliphatic carbocycles. The minimum Gasteiger partial charge on any atom is -0.277 e. The summed E-state index contributed by atoms with van der Waals surface area (Å²) in [4.78, 5) is 54.8. The number of carbonyl (C=O) groups is 4. The van der Waals surface area contributed by atoms with Crippen LogP contribution in [0.25, 0.3) is 10.8 Å². The van der Waals surface area contributed by atoms with Gasteiger partial charge in [-0.2, -0.15) is 0 Å². The van der Waals surface area contributed by atoms with Crippen LogP contribution in [0.5, 0.6) is 0 Å². The molecule has 0 radical (unpaired) electrons. The minimum absolute atomic E-state index is 0.305. The van der Waals surface area contributed by atoms with Gasteiger partial charge in [-0.15, -0.1) is 11.8 Å². The zero-order valence-corrected chi connectivity index (χ0v) is 16.4. The molecule has 0 saturated heterocycles. The van der Waals surface area contributed by atoms with Crippen LogP contribution in [0.3, 0.4) is 0 Å². The fraction of sp³-hybridized carbons (Fsp3) is 0.0909. The van der Waals surface area contributed by atoms with Crippen LogP contribution in [0.1, 0.15) is 41.4 Å². The molecule has 3 aromatic rings. The van der Waals surface area contributed by atoms with Gasteiger partial charge in [0.05, 0.1) is 5.69 Å². The topological polar surface area (TPSA) is 74.8 Å². The molecule has 6 nitrogen and oxygen atoms in total. The number of rotatable bonds is 2. The van der Waals surface area contributed by atoms with Crippen molar-refractivity contribution in [2.24, 2.45) is 0 Å². The Labute approximate surface area is 170 Å². The largest absolute Gasteiger partial charge is 0.277 e. The van der Waals surface area contributed by atoms with Gasteiger partial charge in [0.1, 0.15) is 0 Å². The number of amides is 4. The summed E-state index contributed by atoms with van der Waals surface area (Å²) in [6.45, 7) is 0. The van der Waals surface area contributed by atoms with E-state index in [1.54, 1.807) is 48.2 Å². The number of hydrogen-bond acceptors (Lipinski definition) is 5. The van der Waals surface area contributed by atoms with Gasteiger partial charge in [-0.1, -0.05) is 0 Å². The molecular formula is C22H14N2O4S. The summed E-state index contributed by atoms with van der Waals surface area (Å²) in [5, 5.41) is 0.758. The minimum atomic E-state index is -0.470. The fourth-order valence-corrected chi connectivity index (χ4v) is 4.37. The van der Waals surface area contributed by atoms with Crippen LogP contribution >= 0.6 is 11.8 Å². The molecule has 2 aliphatic rings. The van der Waals surface area contributed by atoms with Crippen molar-refractivity contribution in [3.8, 4) is 0 Å².